The number of aryl methyl sites for hydroxylation is 1. The number of aldehydes is 1. The molecule has 2 heterocycles. The summed E-state index contributed by atoms with van der Waals surface area (Å²) in [5.41, 5.74) is 5.41. The third-order valence-electron chi connectivity index (χ3n) is 4.22. The van der Waals surface area contributed by atoms with Crippen LogP contribution in [0.15, 0.2) is 53.9 Å². The number of nitrogens with zero attached hydrogens (tertiary/aromatic N) is 2. The zero-order valence-corrected chi connectivity index (χ0v) is 14.7. The molecular formula is C20H16N2O2S. The number of methoxy groups -OCH3 is 1. The van der Waals surface area contributed by atoms with Gasteiger partial charge in [0.1, 0.15) is 17.1 Å². The summed E-state index contributed by atoms with van der Waals surface area (Å²) < 4.78 is 7.13. The molecule has 0 aliphatic heterocycles. The Labute approximate surface area is 149 Å². The van der Waals surface area contributed by atoms with Crippen LogP contribution in [0.5, 0.6) is 5.75 Å². The van der Waals surface area contributed by atoms with E-state index in [0.717, 1.165) is 33.8 Å². The number of fused-ring (bicyclic) bond motifs is 1. The fraction of sp³-hybridized carbons (Fsp3) is 0.100. The average Bonchev–Trinajstić information content (AvgIpc) is 3.21. The maximum Gasteiger partial charge on any atom is 0.195 e. The molecule has 0 aliphatic carbocycles. The van der Waals surface area contributed by atoms with Crippen molar-refractivity contribution in [1.82, 2.24) is 9.38 Å². The first-order valence-electron chi connectivity index (χ1n) is 7.88. The second-order valence-corrected chi connectivity index (χ2v) is 6.63. The van der Waals surface area contributed by atoms with Gasteiger partial charge in [0.2, 0.25) is 0 Å². The number of carbonyl (C=O) groups excluding carboxylic acids is 1. The first-order valence-corrected chi connectivity index (χ1v) is 8.76. The largest absolute Gasteiger partial charge is 0.497 e. The molecule has 4 aromatic rings. The Morgan fingerprint density at radius 3 is 2.36 bits per heavy atom. The molecular weight excluding hydrogens is 332 g/mol. The molecule has 0 bridgehead atoms. The number of hydrogen-bond acceptors (Lipinski definition) is 4. The van der Waals surface area contributed by atoms with Gasteiger partial charge in [-0.05, 0) is 36.8 Å². The Morgan fingerprint density at radius 1 is 1.04 bits per heavy atom. The number of carbonyl (C=O) groups is 1. The third-order valence-corrected chi connectivity index (χ3v) is 5.05. The van der Waals surface area contributed by atoms with Gasteiger partial charge in [0.15, 0.2) is 11.2 Å². The lowest BCUT2D eigenvalue weighted by atomic mass is 10.1. The summed E-state index contributed by atoms with van der Waals surface area (Å²) in [6, 6.07) is 15.9. The lowest BCUT2D eigenvalue weighted by molar-refractivity contribution is 0.111. The van der Waals surface area contributed by atoms with Gasteiger partial charge in [0.25, 0.3) is 0 Å². The maximum absolute atomic E-state index is 11.9. The normalized spacial score (nSPS) is 11.0. The van der Waals surface area contributed by atoms with E-state index in [0.29, 0.717) is 11.4 Å². The van der Waals surface area contributed by atoms with Gasteiger partial charge in [0.05, 0.1) is 12.8 Å². The van der Waals surface area contributed by atoms with E-state index in [1.807, 2.05) is 34.0 Å². The van der Waals surface area contributed by atoms with Gasteiger partial charge in [-0.1, -0.05) is 29.8 Å². The molecule has 0 unspecified atom stereocenters. The summed E-state index contributed by atoms with van der Waals surface area (Å²) in [5.74, 6) is 0.776. The number of ether oxygens (including phenoxy) is 1. The van der Waals surface area contributed by atoms with Crippen molar-refractivity contribution in [2.45, 2.75) is 6.92 Å². The van der Waals surface area contributed by atoms with E-state index < -0.39 is 0 Å². The van der Waals surface area contributed by atoms with Crippen LogP contribution in [0.25, 0.3) is 27.5 Å². The Hall–Kier alpha value is -2.92. The van der Waals surface area contributed by atoms with Crippen LogP contribution in [-0.4, -0.2) is 22.8 Å². The van der Waals surface area contributed by atoms with Gasteiger partial charge in [0, 0.05) is 10.9 Å². The topological polar surface area (TPSA) is 43.6 Å². The van der Waals surface area contributed by atoms with Crippen molar-refractivity contribution in [3.8, 4) is 28.3 Å². The summed E-state index contributed by atoms with van der Waals surface area (Å²) in [6.07, 6.45) is 0.879. The minimum absolute atomic E-state index is 0.567. The third kappa shape index (κ3) is 2.62. The van der Waals surface area contributed by atoms with E-state index in [-0.39, 0.29) is 0 Å². The predicted octanol–water partition coefficient (Wildman–Crippen LogP) is 4.86. The zero-order valence-electron chi connectivity index (χ0n) is 13.9. The van der Waals surface area contributed by atoms with E-state index in [9.17, 15) is 4.79 Å². The van der Waals surface area contributed by atoms with E-state index in [1.54, 1.807) is 7.11 Å². The van der Waals surface area contributed by atoms with Gasteiger partial charge < -0.3 is 4.74 Å². The monoisotopic (exact) mass is 348 g/mol. The summed E-state index contributed by atoms with van der Waals surface area (Å²) in [4.78, 5) is 17.3. The number of rotatable bonds is 4. The van der Waals surface area contributed by atoms with Crippen molar-refractivity contribution in [3.63, 3.8) is 0 Å². The molecule has 0 spiro atoms. The van der Waals surface area contributed by atoms with Crippen LogP contribution >= 0.6 is 11.3 Å². The molecule has 0 radical (unpaired) electrons. The SMILES string of the molecule is COc1ccc(-c2nc3scc(-c4ccc(C)cc4)n3c2C=O)cc1. The number of imidazole rings is 1. The second kappa shape index (κ2) is 6.18. The summed E-state index contributed by atoms with van der Waals surface area (Å²) in [7, 11) is 1.63. The van der Waals surface area contributed by atoms with Crippen LogP contribution in [-0.2, 0) is 0 Å². The molecule has 5 heteroatoms. The highest BCUT2D eigenvalue weighted by atomic mass is 32.1. The van der Waals surface area contributed by atoms with Crippen molar-refractivity contribution in [1.29, 1.82) is 0 Å². The van der Waals surface area contributed by atoms with Gasteiger partial charge in [-0.15, -0.1) is 11.3 Å². The van der Waals surface area contributed by atoms with Crippen LogP contribution in [0.3, 0.4) is 0 Å². The highest BCUT2D eigenvalue weighted by Crippen LogP contribution is 2.32. The minimum Gasteiger partial charge on any atom is -0.497 e. The summed E-state index contributed by atoms with van der Waals surface area (Å²) in [6.45, 7) is 2.06. The molecule has 25 heavy (non-hydrogen) atoms. The van der Waals surface area contributed by atoms with Crippen LogP contribution in [0.1, 0.15) is 16.1 Å². The molecule has 0 fully saturated rings. The molecule has 0 saturated heterocycles. The minimum atomic E-state index is 0.567. The van der Waals surface area contributed by atoms with Crippen LogP contribution in [0.2, 0.25) is 0 Å². The highest BCUT2D eigenvalue weighted by Gasteiger charge is 2.18. The molecule has 0 aliphatic rings. The Bertz CT molecular complexity index is 1040. The van der Waals surface area contributed by atoms with E-state index in [1.165, 1.54) is 16.9 Å². The number of benzene rings is 2. The number of aromatic nitrogens is 2. The fourth-order valence-corrected chi connectivity index (χ4v) is 3.78. The second-order valence-electron chi connectivity index (χ2n) is 5.80. The molecule has 0 atom stereocenters. The van der Waals surface area contributed by atoms with E-state index >= 15 is 0 Å². The van der Waals surface area contributed by atoms with Crippen molar-refractivity contribution in [3.05, 3.63) is 65.2 Å². The number of hydrogen-bond donors (Lipinski definition) is 0. The lowest BCUT2D eigenvalue weighted by Gasteiger charge is -2.04. The standard InChI is InChI=1S/C20H16N2O2S/c1-13-3-5-14(6-4-13)18-12-25-20-21-19(17(11-23)22(18)20)15-7-9-16(24-2)10-8-15/h3-12H,1-2H3. The summed E-state index contributed by atoms with van der Waals surface area (Å²) in [5, 5.41) is 2.04. The van der Waals surface area contributed by atoms with Gasteiger partial charge in [-0.2, -0.15) is 0 Å². The predicted molar refractivity (Wildman–Crippen MR) is 101 cm³/mol. The number of thiazole rings is 1. The molecule has 124 valence electrons. The molecule has 0 N–H and O–H groups in total. The van der Waals surface area contributed by atoms with Crippen LogP contribution in [0.4, 0.5) is 0 Å². The first kappa shape index (κ1) is 15.6. The molecule has 2 aromatic heterocycles. The van der Waals surface area contributed by atoms with Crippen molar-refractivity contribution < 1.29 is 9.53 Å². The zero-order chi connectivity index (χ0) is 17.4. The highest BCUT2D eigenvalue weighted by molar-refractivity contribution is 7.15. The van der Waals surface area contributed by atoms with Gasteiger partial charge in [-0.25, -0.2) is 4.98 Å². The Kier molecular flexibility index (Phi) is 3.86. The average molecular weight is 348 g/mol. The molecule has 0 saturated carbocycles. The quantitative estimate of drug-likeness (QED) is 0.495. The van der Waals surface area contributed by atoms with Crippen molar-refractivity contribution >= 4 is 22.6 Å². The summed E-state index contributed by atoms with van der Waals surface area (Å²) >= 11 is 1.53. The van der Waals surface area contributed by atoms with Crippen LogP contribution < -0.4 is 4.74 Å². The molecule has 2 aromatic carbocycles. The molecule has 0 amide bonds. The Morgan fingerprint density at radius 2 is 1.72 bits per heavy atom. The van der Waals surface area contributed by atoms with E-state index in [4.69, 9.17) is 4.74 Å². The lowest BCUT2D eigenvalue weighted by Crippen LogP contribution is -1.94. The van der Waals surface area contributed by atoms with E-state index in [2.05, 4.69) is 36.2 Å². The Balaban J connectivity index is 1.90. The smallest absolute Gasteiger partial charge is 0.195 e. The molecule has 4 rings (SSSR count). The first-order chi connectivity index (χ1) is 12.2. The molecule has 4 nitrogen and oxygen atoms in total. The fourth-order valence-electron chi connectivity index (χ4n) is 2.88. The van der Waals surface area contributed by atoms with Gasteiger partial charge in [-0.3, -0.25) is 9.20 Å². The van der Waals surface area contributed by atoms with Crippen LogP contribution in [0, 0.1) is 6.92 Å². The van der Waals surface area contributed by atoms with Crippen molar-refractivity contribution in [2.75, 3.05) is 7.11 Å². The van der Waals surface area contributed by atoms with Crippen molar-refractivity contribution in [2.24, 2.45) is 0 Å². The van der Waals surface area contributed by atoms with Gasteiger partial charge >= 0.3 is 0 Å². The maximum atomic E-state index is 11.9.